The highest BCUT2D eigenvalue weighted by Crippen LogP contribution is 2.25. The van der Waals surface area contributed by atoms with Crippen LogP contribution in [-0.2, 0) is 4.79 Å². The Morgan fingerprint density at radius 1 is 1.25 bits per heavy atom. The van der Waals surface area contributed by atoms with Gasteiger partial charge in [-0.2, -0.15) is 0 Å². The van der Waals surface area contributed by atoms with Crippen molar-refractivity contribution in [1.29, 1.82) is 0 Å². The quantitative estimate of drug-likeness (QED) is 0.844. The molecule has 0 saturated heterocycles. The Balaban J connectivity index is 2.86. The molecule has 0 unspecified atom stereocenters. The minimum Gasteiger partial charge on any atom is -0.481 e. The van der Waals surface area contributed by atoms with E-state index in [1.807, 2.05) is 0 Å². The third kappa shape index (κ3) is 3.31. The van der Waals surface area contributed by atoms with Crippen molar-refractivity contribution in [2.45, 2.75) is 26.7 Å². The highest BCUT2D eigenvalue weighted by atomic mass is 19.1. The van der Waals surface area contributed by atoms with E-state index in [4.69, 9.17) is 0 Å². The number of nitrogens with one attached hydrogen (secondary N) is 1. The lowest BCUT2D eigenvalue weighted by Gasteiger charge is -2.26. The molecule has 0 fully saturated rings. The number of hydrogen-bond donors (Lipinski definition) is 2. The molecule has 0 atom stereocenters. The fraction of sp³-hybridized carbons (Fsp3) is 0.429. The average molecular weight is 285 g/mol. The molecule has 20 heavy (non-hydrogen) atoms. The smallest absolute Gasteiger partial charge is 0.311 e. The second kappa shape index (κ2) is 6.45. The molecule has 1 aromatic carbocycles. The lowest BCUT2D eigenvalue weighted by molar-refractivity contribution is -0.149. The Morgan fingerprint density at radius 3 is 2.35 bits per heavy atom. The molecule has 1 aromatic rings. The number of halogens is 2. The molecule has 0 aromatic heterocycles. The van der Waals surface area contributed by atoms with Gasteiger partial charge >= 0.3 is 5.97 Å². The minimum atomic E-state index is -1.10. The van der Waals surface area contributed by atoms with Crippen molar-refractivity contribution in [3.05, 3.63) is 35.4 Å². The summed E-state index contributed by atoms with van der Waals surface area (Å²) in [6, 6.07) is 2.55. The molecule has 4 nitrogen and oxygen atoms in total. The first-order valence-electron chi connectivity index (χ1n) is 6.33. The van der Waals surface area contributed by atoms with Gasteiger partial charge in [-0.15, -0.1) is 0 Å². The lowest BCUT2D eigenvalue weighted by atomic mass is 9.82. The molecular weight excluding hydrogens is 268 g/mol. The molecule has 6 heteroatoms. The maximum absolute atomic E-state index is 13.4. The van der Waals surface area contributed by atoms with Crippen LogP contribution in [0.3, 0.4) is 0 Å². The fourth-order valence-electron chi connectivity index (χ4n) is 1.89. The van der Waals surface area contributed by atoms with E-state index in [0.717, 1.165) is 18.2 Å². The zero-order valence-corrected chi connectivity index (χ0v) is 11.4. The third-order valence-corrected chi connectivity index (χ3v) is 3.57. The molecule has 0 aliphatic rings. The number of aliphatic carboxylic acids is 1. The summed E-state index contributed by atoms with van der Waals surface area (Å²) in [5.41, 5.74) is -1.53. The monoisotopic (exact) mass is 285 g/mol. The van der Waals surface area contributed by atoms with Crippen LogP contribution >= 0.6 is 0 Å². The van der Waals surface area contributed by atoms with E-state index in [1.54, 1.807) is 13.8 Å². The van der Waals surface area contributed by atoms with Gasteiger partial charge in [0.15, 0.2) is 0 Å². The molecule has 0 aliphatic carbocycles. The van der Waals surface area contributed by atoms with E-state index >= 15 is 0 Å². The summed E-state index contributed by atoms with van der Waals surface area (Å²) in [6.45, 7) is 3.27. The normalized spacial score (nSPS) is 11.2. The highest BCUT2D eigenvalue weighted by Gasteiger charge is 2.35. The predicted octanol–water partition coefficient (Wildman–Crippen LogP) is 2.59. The van der Waals surface area contributed by atoms with Gasteiger partial charge in [-0.1, -0.05) is 13.8 Å². The molecule has 0 heterocycles. The Bertz CT molecular complexity index is 513. The van der Waals surface area contributed by atoms with Crippen LogP contribution in [0.2, 0.25) is 0 Å². The lowest BCUT2D eigenvalue weighted by Crippen LogP contribution is -2.42. The van der Waals surface area contributed by atoms with Gasteiger partial charge in [0.2, 0.25) is 0 Å². The number of carbonyl (C=O) groups is 2. The number of hydrogen-bond acceptors (Lipinski definition) is 2. The van der Waals surface area contributed by atoms with Gasteiger partial charge in [0, 0.05) is 6.54 Å². The van der Waals surface area contributed by atoms with Crippen LogP contribution in [0.5, 0.6) is 0 Å². The second-order valence-electron chi connectivity index (χ2n) is 4.60. The summed E-state index contributed by atoms with van der Waals surface area (Å²) in [4.78, 5) is 23.1. The van der Waals surface area contributed by atoms with Crippen LogP contribution in [0.1, 0.15) is 37.0 Å². The molecule has 1 rings (SSSR count). The Morgan fingerprint density at radius 2 is 1.85 bits per heavy atom. The van der Waals surface area contributed by atoms with Crippen molar-refractivity contribution < 1.29 is 23.5 Å². The van der Waals surface area contributed by atoms with Crippen molar-refractivity contribution >= 4 is 11.9 Å². The van der Waals surface area contributed by atoms with Gasteiger partial charge in [-0.25, -0.2) is 8.78 Å². The first kappa shape index (κ1) is 16.1. The third-order valence-electron chi connectivity index (χ3n) is 3.57. The predicted molar refractivity (Wildman–Crippen MR) is 69.3 cm³/mol. The number of rotatable bonds is 6. The molecule has 0 spiro atoms. The van der Waals surface area contributed by atoms with Gasteiger partial charge in [-0.3, -0.25) is 9.59 Å². The number of carboxylic acid groups (broad SMARTS) is 1. The summed E-state index contributed by atoms with van der Waals surface area (Å²) in [7, 11) is 0. The largest absolute Gasteiger partial charge is 0.481 e. The van der Waals surface area contributed by atoms with E-state index in [2.05, 4.69) is 5.32 Å². The molecule has 110 valence electrons. The van der Waals surface area contributed by atoms with Crippen LogP contribution in [0.15, 0.2) is 18.2 Å². The van der Waals surface area contributed by atoms with Crippen LogP contribution in [0.4, 0.5) is 8.78 Å². The Labute approximate surface area is 115 Å². The highest BCUT2D eigenvalue weighted by molar-refractivity contribution is 5.94. The maximum atomic E-state index is 13.4. The van der Waals surface area contributed by atoms with E-state index < -0.39 is 34.5 Å². The summed E-state index contributed by atoms with van der Waals surface area (Å²) >= 11 is 0. The first-order valence-corrected chi connectivity index (χ1v) is 6.33. The molecule has 2 N–H and O–H groups in total. The second-order valence-corrected chi connectivity index (χ2v) is 4.60. The van der Waals surface area contributed by atoms with Gasteiger partial charge in [0.1, 0.15) is 11.6 Å². The van der Waals surface area contributed by atoms with Crippen LogP contribution < -0.4 is 5.32 Å². The topological polar surface area (TPSA) is 66.4 Å². The zero-order valence-electron chi connectivity index (χ0n) is 11.4. The van der Waals surface area contributed by atoms with Gasteiger partial charge in [0.25, 0.3) is 5.91 Å². The van der Waals surface area contributed by atoms with E-state index in [1.165, 1.54) is 0 Å². The van der Waals surface area contributed by atoms with Gasteiger partial charge < -0.3 is 10.4 Å². The van der Waals surface area contributed by atoms with Crippen molar-refractivity contribution in [3.8, 4) is 0 Å². The minimum absolute atomic E-state index is 0.135. The summed E-state index contributed by atoms with van der Waals surface area (Å²) in [6.07, 6.45) is 0.648. The average Bonchev–Trinajstić information content (AvgIpc) is 2.42. The number of amides is 1. The molecule has 1 amide bonds. The van der Waals surface area contributed by atoms with Crippen LogP contribution in [-0.4, -0.2) is 23.5 Å². The van der Waals surface area contributed by atoms with Gasteiger partial charge in [-0.05, 0) is 31.0 Å². The Hall–Kier alpha value is -1.98. The van der Waals surface area contributed by atoms with Crippen LogP contribution in [0, 0.1) is 17.0 Å². The van der Waals surface area contributed by atoms with E-state index in [9.17, 15) is 23.5 Å². The standard InChI is InChI=1S/C14H17F2NO3/c1-3-14(4-2,13(19)20)8-17-12(18)10-7-9(15)5-6-11(10)16/h5-7H,3-4,8H2,1-2H3,(H,17,18)(H,19,20). The summed E-state index contributed by atoms with van der Waals surface area (Å²) < 4.78 is 26.4. The molecule has 0 aliphatic heterocycles. The molecule has 0 radical (unpaired) electrons. The van der Waals surface area contributed by atoms with E-state index in [0.29, 0.717) is 12.8 Å². The number of carbonyl (C=O) groups excluding carboxylic acids is 1. The van der Waals surface area contributed by atoms with Crippen molar-refractivity contribution in [3.63, 3.8) is 0 Å². The van der Waals surface area contributed by atoms with Crippen molar-refractivity contribution in [2.75, 3.05) is 6.54 Å². The Kier molecular flexibility index (Phi) is 5.19. The van der Waals surface area contributed by atoms with Crippen LogP contribution in [0.25, 0.3) is 0 Å². The zero-order chi connectivity index (χ0) is 15.3. The molecule has 0 bridgehead atoms. The van der Waals surface area contributed by atoms with Gasteiger partial charge in [0.05, 0.1) is 11.0 Å². The number of benzene rings is 1. The molecule has 0 saturated carbocycles. The SMILES string of the molecule is CCC(CC)(CNC(=O)c1cc(F)ccc1F)C(=O)O. The fourth-order valence-corrected chi connectivity index (χ4v) is 1.89. The maximum Gasteiger partial charge on any atom is 0.311 e. The first-order chi connectivity index (χ1) is 9.36. The summed E-state index contributed by atoms with van der Waals surface area (Å²) in [5, 5.41) is 11.6. The van der Waals surface area contributed by atoms with Crippen molar-refractivity contribution in [1.82, 2.24) is 5.32 Å². The molecular formula is C14H17F2NO3. The van der Waals surface area contributed by atoms with Crippen molar-refractivity contribution in [2.24, 2.45) is 5.41 Å². The van der Waals surface area contributed by atoms with E-state index in [-0.39, 0.29) is 6.54 Å². The summed E-state index contributed by atoms with van der Waals surface area (Å²) in [5.74, 6) is -3.43. The number of carboxylic acids is 1.